The quantitative estimate of drug-likeness (QED) is 0.127. The van der Waals surface area contributed by atoms with E-state index in [0.717, 1.165) is 30.5 Å². The van der Waals surface area contributed by atoms with Crippen molar-refractivity contribution < 1.29 is 73.3 Å². The van der Waals surface area contributed by atoms with Crippen molar-refractivity contribution in [3.8, 4) is 11.5 Å². The molecule has 288 valence electrons. The summed E-state index contributed by atoms with van der Waals surface area (Å²) in [6.45, 7) is 14.1. The maximum atomic E-state index is 12.3. The molecule has 0 saturated heterocycles. The number of esters is 2. The van der Waals surface area contributed by atoms with E-state index in [2.05, 4.69) is 23.3 Å². The molecule has 0 aromatic heterocycles. The number of rotatable bonds is 11. The standard InChI is InChI=1S/C15H20F3NO4S.C8H15NO3S.C7H6BF3O3/c1-5-22-13(20)12(19-24(21)14(2,3)4)10-7-6-8-11(9-10)23-15(16,17)18;1-5-12-7(10)6-9-13(11)8(2,3)4;9-7(10,11)14-6-3-1-2-5(4-6)8(12)13/h6-9,12,19H,5H2,1-4H3;6H,5H2,1-4H3;1-4,12-13H/t12-,24?;13-;/m11./s1. The number of nitrogens with zero attached hydrogens (tertiary/aromatic N) is 1. The summed E-state index contributed by atoms with van der Waals surface area (Å²) in [7, 11) is -4.84. The van der Waals surface area contributed by atoms with Crippen molar-refractivity contribution in [2.24, 2.45) is 4.40 Å². The number of ether oxygens (including phenoxy) is 4. The van der Waals surface area contributed by atoms with Gasteiger partial charge in [-0.1, -0.05) is 24.3 Å². The molecule has 2 aromatic carbocycles. The molecule has 0 bridgehead atoms. The van der Waals surface area contributed by atoms with Crippen molar-refractivity contribution in [1.29, 1.82) is 0 Å². The predicted octanol–water partition coefficient (Wildman–Crippen LogP) is 4.59. The second-order valence-electron chi connectivity index (χ2n) is 11.6. The normalized spacial score (nSPS) is 13.7. The van der Waals surface area contributed by atoms with Crippen LogP contribution in [0, 0.1) is 0 Å². The Kier molecular flexibility index (Phi) is 19.7. The minimum absolute atomic E-state index is 0.0632. The van der Waals surface area contributed by atoms with Crippen LogP contribution in [0.25, 0.3) is 0 Å². The maximum absolute atomic E-state index is 12.3. The van der Waals surface area contributed by atoms with Crippen LogP contribution in [-0.4, -0.2) is 79.2 Å². The minimum Gasteiger partial charge on any atom is -0.465 e. The summed E-state index contributed by atoms with van der Waals surface area (Å²) in [5.41, 5.74) is 0.0968. The molecule has 0 aliphatic heterocycles. The van der Waals surface area contributed by atoms with Crippen LogP contribution in [-0.2, 0) is 41.0 Å². The third kappa shape index (κ3) is 21.4. The van der Waals surface area contributed by atoms with E-state index in [1.807, 2.05) is 0 Å². The first-order chi connectivity index (χ1) is 23.2. The molecule has 12 nitrogen and oxygen atoms in total. The van der Waals surface area contributed by atoms with E-state index >= 15 is 0 Å². The van der Waals surface area contributed by atoms with Crippen molar-refractivity contribution >= 4 is 52.7 Å². The summed E-state index contributed by atoms with van der Waals surface area (Å²) in [5.74, 6) is -2.25. The largest absolute Gasteiger partial charge is 0.573 e. The Hall–Kier alpha value is -3.53. The number of alkyl halides is 6. The molecule has 0 aliphatic rings. The Labute approximate surface area is 297 Å². The van der Waals surface area contributed by atoms with E-state index in [9.17, 15) is 44.3 Å². The molecule has 3 atom stereocenters. The van der Waals surface area contributed by atoms with Crippen molar-refractivity contribution in [3.63, 3.8) is 0 Å². The summed E-state index contributed by atoms with van der Waals surface area (Å²) < 4.78 is 118. The Morgan fingerprint density at radius 2 is 1.31 bits per heavy atom. The fraction of sp³-hybridized carbons (Fsp3) is 0.500. The third-order valence-corrected chi connectivity index (χ3v) is 8.09. The Morgan fingerprint density at radius 1 is 0.824 bits per heavy atom. The smallest absolute Gasteiger partial charge is 0.465 e. The topological polar surface area (TPSA) is 170 Å². The number of carbonyl (C=O) groups is 2. The fourth-order valence-electron chi connectivity index (χ4n) is 2.95. The van der Waals surface area contributed by atoms with Gasteiger partial charge in [0.1, 0.15) is 34.7 Å². The SMILES string of the molecule is CCOC(=O)C=N[S@](=O)C(C)(C)C.CCOC(=O)[C@H](NS(=O)C(C)(C)C)c1cccc(OC(F)(F)F)c1.OB(O)c1cccc(OC(F)(F)F)c1. The number of hydrogen-bond acceptors (Lipinski definition) is 10. The van der Waals surface area contributed by atoms with Gasteiger partial charge in [-0.15, -0.1) is 26.3 Å². The number of carbonyl (C=O) groups excluding carboxylic acids is 2. The van der Waals surface area contributed by atoms with Crippen LogP contribution in [0.5, 0.6) is 11.5 Å². The number of hydrogen-bond donors (Lipinski definition) is 3. The van der Waals surface area contributed by atoms with E-state index in [0.29, 0.717) is 6.61 Å². The van der Waals surface area contributed by atoms with Gasteiger partial charge in [0.25, 0.3) is 0 Å². The second-order valence-corrected chi connectivity index (χ2v) is 15.6. The zero-order valence-corrected chi connectivity index (χ0v) is 30.6. The molecule has 0 aliphatic carbocycles. The van der Waals surface area contributed by atoms with Gasteiger partial charge in [0.05, 0.1) is 33.7 Å². The molecule has 21 heteroatoms. The Morgan fingerprint density at radius 3 is 1.75 bits per heavy atom. The van der Waals surface area contributed by atoms with Gasteiger partial charge in [0, 0.05) is 0 Å². The summed E-state index contributed by atoms with van der Waals surface area (Å²) >= 11 is 0. The highest BCUT2D eigenvalue weighted by atomic mass is 32.2. The highest BCUT2D eigenvalue weighted by Crippen LogP contribution is 2.27. The first-order valence-corrected chi connectivity index (χ1v) is 17.0. The van der Waals surface area contributed by atoms with Crippen LogP contribution in [0.15, 0.2) is 52.9 Å². The summed E-state index contributed by atoms with van der Waals surface area (Å²) in [6.07, 6.45) is -8.66. The van der Waals surface area contributed by atoms with Crippen molar-refractivity contribution in [2.45, 2.75) is 83.7 Å². The average Bonchev–Trinajstić information content (AvgIpc) is 2.97. The summed E-state index contributed by atoms with van der Waals surface area (Å²) in [5, 5.41) is 17.3. The first kappa shape index (κ1) is 47.5. The van der Waals surface area contributed by atoms with E-state index in [4.69, 9.17) is 14.8 Å². The zero-order valence-electron chi connectivity index (χ0n) is 29.0. The van der Waals surface area contributed by atoms with Gasteiger partial charge in [-0.3, -0.25) is 0 Å². The lowest BCUT2D eigenvalue weighted by Crippen LogP contribution is -2.39. The molecule has 0 saturated carbocycles. The molecule has 0 heterocycles. The summed E-state index contributed by atoms with van der Waals surface area (Å²) in [4.78, 5) is 22.9. The van der Waals surface area contributed by atoms with Gasteiger partial charge < -0.3 is 29.0 Å². The highest BCUT2D eigenvalue weighted by molar-refractivity contribution is 7.85. The lowest BCUT2D eigenvalue weighted by molar-refractivity contribution is -0.275. The minimum atomic E-state index is -4.85. The number of benzene rings is 2. The molecule has 0 spiro atoms. The van der Waals surface area contributed by atoms with Gasteiger partial charge >= 0.3 is 31.8 Å². The monoisotopic (exact) mass is 778 g/mol. The fourth-order valence-corrected chi connectivity index (χ4v) is 4.25. The molecule has 2 aromatic rings. The molecule has 51 heavy (non-hydrogen) atoms. The van der Waals surface area contributed by atoms with Crippen LogP contribution >= 0.6 is 0 Å². The van der Waals surface area contributed by atoms with Crippen LogP contribution in [0.1, 0.15) is 67.0 Å². The van der Waals surface area contributed by atoms with E-state index in [1.54, 1.807) is 55.4 Å². The van der Waals surface area contributed by atoms with E-state index in [1.165, 1.54) is 24.3 Å². The van der Waals surface area contributed by atoms with Crippen molar-refractivity contribution in [3.05, 3.63) is 54.1 Å². The van der Waals surface area contributed by atoms with Crippen molar-refractivity contribution in [2.75, 3.05) is 13.2 Å². The lowest BCUT2D eigenvalue weighted by atomic mass is 9.80. The van der Waals surface area contributed by atoms with Gasteiger partial charge in [-0.05, 0) is 90.7 Å². The lowest BCUT2D eigenvalue weighted by Gasteiger charge is -2.23. The van der Waals surface area contributed by atoms with Crippen LogP contribution in [0.3, 0.4) is 0 Å². The third-order valence-electron chi connectivity index (χ3n) is 5.18. The molecule has 2 rings (SSSR count). The molecule has 3 N–H and O–H groups in total. The zero-order chi connectivity index (χ0) is 39.8. The van der Waals surface area contributed by atoms with E-state index < -0.39 is 80.8 Å². The van der Waals surface area contributed by atoms with Crippen molar-refractivity contribution in [1.82, 2.24) is 4.72 Å². The van der Waals surface area contributed by atoms with Gasteiger partial charge in [-0.2, -0.15) is 4.40 Å². The van der Waals surface area contributed by atoms with E-state index in [-0.39, 0.29) is 17.6 Å². The first-order valence-electron chi connectivity index (χ1n) is 14.7. The predicted molar refractivity (Wildman–Crippen MR) is 180 cm³/mol. The molecule has 0 radical (unpaired) electrons. The maximum Gasteiger partial charge on any atom is 0.573 e. The second kappa shape index (κ2) is 21.1. The van der Waals surface area contributed by atoms with Crippen LogP contribution in [0.2, 0.25) is 0 Å². The molecular formula is C30H41BF6N2O10S2. The molecule has 0 fully saturated rings. The van der Waals surface area contributed by atoms with Gasteiger partial charge in [0.2, 0.25) is 0 Å². The highest BCUT2D eigenvalue weighted by Gasteiger charge is 2.33. The Bertz CT molecular complexity index is 1480. The number of halogens is 6. The Balaban J connectivity index is 0.000000792. The van der Waals surface area contributed by atoms with Gasteiger partial charge in [0.15, 0.2) is 0 Å². The van der Waals surface area contributed by atoms with Crippen LogP contribution < -0.4 is 19.7 Å². The molecule has 0 amide bonds. The average molecular weight is 779 g/mol. The van der Waals surface area contributed by atoms with Crippen LogP contribution in [0.4, 0.5) is 26.3 Å². The van der Waals surface area contributed by atoms with Gasteiger partial charge in [-0.25, -0.2) is 22.7 Å². The molecule has 1 unspecified atom stereocenters. The summed E-state index contributed by atoms with van der Waals surface area (Å²) in [6, 6.07) is 8.20. The molecular weight excluding hydrogens is 737 g/mol. The number of nitrogens with one attached hydrogen (secondary N) is 1.